The first kappa shape index (κ1) is 18.1. The van der Waals surface area contributed by atoms with E-state index in [4.69, 9.17) is 4.74 Å². The fourth-order valence-electron chi connectivity index (χ4n) is 2.88. The molecule has 1 atom stereocenters. The third kappa shape index (κ3) is 4.89. The number of nitrogens with one attached hydrogen (secondary N) is 1. The van der Waals surface area contributed by atoms with E-state index in [9.17, 15) is 14.0 Å². The minimum absolute atomic E-state index is 0.0540. The van der Waals surface area contributed by atoms with Crippen molar-refractivity contribution in [1.82, 2.24) is 10.2 Å². The molecule has 2 amide bonds. The number of nitrogens with zero attached hydrogens (tertiary/aromatic N) is 1. The monoisotopic (exact) mass is 356 g/mol. The lowest BCUT2D eigenvalue weighted by molar-refractivity contribution is -0.139. The first-order chi connectivity index (χ1) is 12.6. The van der Waals surface area contributed by atoms with E-state index in [2.05, 4.69) is 5.32 Å². The average Bonchev–Trinajstić information content (AvgIpc) is 2.69. The third-order valence-corrected chi connectivity index (χ3v) is 4.31. The zero-order valence-electron chi connectivity index (χ0n) is 14.4. The maximum absolute atomic E-state index is 12.9. The molecule has 0 spiro atoms. The average molecular weight is 356 g/mol. The van der Waals surface area contributed by atoms with Crippen molar-refractivity contribution in [2.45, 2.75) is 12.5 Å². The summed E-state index contributed by atoms with van der Waals surface area (Å²) < 4.78 is 18.6. The van der Waals surface area contributed by atoms with E-state index < -0.39 is 0 Å². The highest BCUT2D eigenvalue weighted by molar-refractivity contribution is 5.85. The predicted octanol–water partition coefficient (Wildman–Crippen LogP) is 2.08. The number of rotatable bonds is 5. The van der Waals surface area contributed by atoms with Gasteiger partial charge in [0.15, 0.2) is 0 Å². The van der Waals surface area contributed by atoms with Crippen molar-refractivity contribution in [3.8, 4) is 0 Å². The van der Waals surface area contributed by atoms with Gasteiger partial charge in [-0.15, -0.1) is 0 Å². The number of amides is 2. The molecule has 6 heteroatoms. The van der Waals surface area contributed by atoms with Crippen molar-refractivity contribution >= 4 is 11.8 Å². The van der Waals surface area contributed by atoms with Crippen LogP contribution in [-0.4, -0.2) is 43.0 Å². The summed E-state index contributed by atoms with van der Waals surface area (Å²) in [6, 6.07) is 15.5. The molecular weight excluding hydrogens is 335 g/mol. The number of ether oxygens (including phenoxy) is 1. The van der Waals surface area contributed by atoms with Gasteiger partial charge in [-0.25, -0.2) is 4.39 Å². The van der Waals surface area contributed by atoms with Gasteiger partial charge in [0.2, 0.25) is 11.8 Å². The van der Waals surface area contributed by atoms with Crippen molar-refractivity contribution in [2.75, 3.05) is 26.2 Å². The van der Waals surface area contributed by atoms with Crippen LogP contribution in [0.2, 0.25) is 0 Å². The van der Waals surface area contributed by atoms with Crippen molar-refractivity contribution in [2.24, 2.45) is 0 Å². The van der Waals surface area contributed by atoms with Crippen LogP contribution in [0.4, 0.5) is 4.39 Å². The fourth-order valence-corrected chi connectivity index (χ4v) is 2.88. The Hall–Kier alpha value is -2.73. The fraction of sp³-hybridized carbons (Fsp3) is 0.300. The smallest absolute Gasteiger partial charge is 0.242 e. The number of hydrogen-bond acceptors (Lipinski definition) is 3. The first-order valence-corrected chi connectivity index (χ1v) is 8.57. The molecule has 1 saturated heterocycles. The number of benzene rings is 2. The molecule has 0 aromatic heterocycles. The Kier molecular flexibility index (Phi) is 5.96. The third-order valence-electron chi connectivity index (χ3n) is 4.31. The molecule has 0 bridgehead atoms. The summed E-state index contributed by atoms with van der Waals surface area (Å²) in [5, 5.41) is 2.63. The summed E-state index contributed by atoms with van der Waals surface area (Å²) in [4.78, 5) is 26.1. The molecule has 136 valence electrons. The number of morpholine rings is 1. The van der Waals surface area contributed by atoms with Crippen LogP contribution in [0.1, 0.15) is 17.2 Å². The van der Waals surface area contributed by atoms with Gasteiger partial charge in [0.1, 0.15) is 11.9 Å². The van der Waals surface area contributed by atoms with E-state index in [1.165, 1.54) is 12.1 Å². The summed E-state index contributed by atoms with van der Waals surface area (Å²) in [6.45, 7) is 1.39. The van der Waals surface area contributed by atoms with E-state index in [1.807, 2.05) is 30.3 Å². The van der Waals surface area contributed by atoms with Gasteiger partial charge in [0.25, 0.3) is 0 Å². The molecule has 1 aliphatic heterocycles. The second-order valence-electron chi connectivity index (χ2n) is 6.19. The zero-order valence-corrected chi connectivity index (χ0v) is 14.4. The number of carbonyl (C=O) groups excluding carboxylic acids is 2. The summed E-state index contributed by atoms with van der Waals surface area (Å²) in [5.74, 6) is -0.746. The molecule has 0 saturated carbocycles. The van der Waals surface area contributed by atoms with Crippen LogP contribution in [0.5, 0.6) is 0 Å². The molecule has 1 fully saturated rings. The SMILES string of the molecule is O=C(Cc1ccc(F)cc1)NCC(=O)N1CCO[C@H](c2ccccc2)C1. The quantitative estimate of drug-likeness (QED) is 0.892. The summed E-state index contributed by atoms with van der Waals surface area (Å²) in [7, 11) is 0. The van der Waals surface area contributed by atoms with E-state index in [1.54, 1.807) is 17.0 Å². The number of halogens is 1. The van der Waals surface area contributed by atoms with Gasteiger partial charge in [0.05, 0.1) is 26.1 Å². The Morgan fingerprint density at radius 3 is 2.58 bits per heavy atom. The standard InChI is InChI=1S/C20H21FN2O3/c21-17-8-6-15(7-9-17)12-19(24)22-13-20(25)23-10-11-26-18(14-23)16-4-2-1-3-5-16/h1-9,18H,10-14H2,(H,22,24)/t18-/m0/s1. The molecule has 2 aromatic rings. The molecule has 2 aromatic carbocycles. The lowest BCUT2D eigenvalue weighted by atomic mass is 10.1. The molecule has 1 heterocycles. The minimum atomic E-state index is -0.343. The Morgan fingerprint density at radius 2 is 1.85 bits per heavy atom. The second kappa shape index (κ2) is 8.58. The number of hydrogen-bond donors (Lipinski definition) is 1. The molecular formula is C20H21FN2O3. The van der Waals surface area contributed by atoms with Gasteiger partial charge >= 0.3 is 0 Å². The Balaban J connectivity index is 1.48. The van der Waals surface area contributed by atoms with E-state index in [0.717, 1.165) is 5.56 Å². The van der Waals surface area contributed by atoms with Crippen LogP contribution in [0, 0.1) is 5.82 Å². The maximum atomic E-state index is 12.9. The largest absolute Gasteiger partial charge is 0.370 e. The highest BCUT2D eigenvalue weighted by Crippen LogP contribution is 2.21. The normalized spacial score (nSPS) is 17.0. The van der Waals surface area contributed by atoms with Gasteiger partial charge in [0, 0.05) is 6.54 Å². The Labute approximate surface area is 151 Å². The van der Waals surface area contributed by atoms with Crippen molar-refractivity contribution in [3.63, 3.8) is 0 Å². The van der Waals surface area contributed by atoms with Crippen molar-refractivity contribution < 1.29 is 18.7 Å². The van der Waals surface area contributed by atoms with Crippen LogP contribution < -0.4 is 5.32 Å². The Morgan fingerprint density at radius 1 is 1.12 bits per heavy atom. The second-order valence-corrected chi connectivity index (χ2v) is 6.19. The summed E-state index contributed by atoms with van der Waals surface area (Å²) in [5.41, 5.74) is 1.73. The molecule has 1 N–H and O–H groups in total. The predicted molar refractivity (Wildman–Crippen MR) is 94.8 cm³/mol. The van der Waals surface area contributed by atoms with Gasteiger partial charge in [-0.3, -0.25) is 9.59 Å². The van der Waals surface area contributed by atoms with Gasteiger partial charge in [-0.05, 0) is 23.3 Å². The van der Waals surface area contributed by atoms with E-state index in [0.29, 0.717) is 25.3 Å². The molecule has 0 aliphatic carbocycles. The van der Waals surface area contributed by atoms with E-state index >= 15 is 0 Å². The molecule has 1 aliphatic rings. The topological polar surface area (TPSA) is 58.6 Å². The first-order valence-electron chi connectivity index (χ1n) is 8.57. The van der Waals surface area contributed by atoms with Crippen LogP contribution in [0.25, 0.3) is 0 Å². The molecule has 3 rings (SSSR count). The summed E-state index contributed by atoms with van der Waals surface area (Å²) >= 11 is 0. The lowest BCUT2D eigenvalue weighted by Crippen LogP contribution is -2.46. The van der Waals surface area contributed by atoms with Gasteiger partial charge in [-0.1, -0.05) is 42.5 Å². The molecule has 5 nitrogen and oxygen atoms in total. The lowest BCUT2D eigenvalue weighted by Gasteiger charge is -2.33. The summed E-state index contributed by atoms with van der Waals surface area (Å²) in [6.07, 6.45) is -0.0348. The highest BCUT2D eigenvalue weighted by Gasteiger charge is 2.25. The molecule has 0 radical (unpaired) electrons. The van der Waals surface area contributed by atoms with Gasteiger partial charge < -0.3 is 15.0 Å². The molecule has 0 unspecified atom stereocenters. The highest BCUT2D eigenvalue weighted by atomic mass is 19.1. The van der Waals surface area contributed by atoms with Crippen molar-refractivity contribution in [1.29, 1.82) is 0 Å². The minimum Gasteiger partial charge on any atom is -0.370 e. The Bertz CT molecular complexity index is 749. The van der Waals surface area contributed by atoms with Crippen LogP contribution in [0.3, 0.4) is 0 Å². The zero-order chi connectivity index (χ0) is 18.4. The maximum Gasteiger partial charge on any atom is 0.242 e. The molecule has 26 heavy (non-hydrogen) atoms. The number of carbonyl (C=O) groups is 2. The van der Waals surface area contributed by atoms with Crippen LogP contribution in [-0.2, 0) is 20.7 Å². The van der Waals surface area contributed by atoms with Gasteiger partial charge in [-0.2, -0.15) is 0 Å². The van der Waals surface area contributed by atoms with Crippen LogP contribution in [0.15, 0.2) is 54.6 Å². The van der Waals surface area contributed by atoms with E-state index in [-0.39, 0.29) is 36.7 Å². The van der Waals surface area contributed by atoms with Crippen molar-refractivity contribution in [3.05, 3.63) is 71.5 Å². The van der Waals surface area contributed by atoms with Crippen LogP contribution >= 0.6 is 0 Å².